The molecule has 0 radical (unpaired) electrons. The quantitative estimate of drug-likeness (QED) is 0.533. The van der Waals surface area contributed by atoms with Gasteiger partial charge in [-0.15, -0.1) is 0 Å². The van der Waals surface area contributed by atoms with Crippen molar-refractivity contribution < 1.29 is 9.47 Å². The van der Waals surface area contributed by atoms with Gasteiger partial charge < -0.3 is 14.8 Å². The van der Waals surface area contributed by atoms with Crippen LogP contribution in [0.3, 0.4) is 0 Å². The van der Waals surface area contributed by atoms with Crippen molar-refractivity contribution in [3.05, 3.63) is 95.6 Å². The van der Waals surface area contributed by atoms with E-state index in [9.17, 15) is 0 Å². The second kappa shape index (κ2) is 8.44. The average molecular weight is 386 g/mol. The van der Waals surface area contributed by atoms with Crippen LogP contribution in [0.25, 0.3) is 6.08 Å². The second-order valence-electron chi connectivity index (χ2n) is 7.69. The molecule has 0 saturated carbocycles. The van der Waals surface area contributed by atoms with Crippen LogP contribution >= 0.6 is 0 Å². The van der Waals surface area contributed by atoms with Gasteiger partial charge in [0.25, 0.3) is 0 Å². The Labute approximate surface area is 173 Å². The zero-order valence-electron chi connectivity index (χ0n) is 17.0. The van der Waals surface area contributed by atoms with Crippen molar-refractivity contribution in [2.45, 2.75) is 31.9 Å². The summed E-state index contributed by atoms with van der Waals surface area (Å²) in [5, 5.41) is 3.49. The number of nitrogens with one attached hydrogen (secondary N) is 1. The number of aryl methyl sites for hydroxylation is 1. The number of rotatable bonds is 7. The smallest absolute Gasteiger partial charge is 0.127 e. The van der Waals surface area contributed by atoms with E-state index in [4.69, 9.17) is 9.47 Å². The van der Waals surface area contributed by atoms with Crippen molar-refractivity contribution in [3.8, 4) is 11.5 Å². The van der Waals surface area contributed by atoms with Crippen molar-refractivity contribution in [1.82, 2.24) is 0 Å². The topological polar surface area (TPSA) is 30.5 Å². The summed E-state index contributed by atoms with van der Waals surface area (Å²) in [5.41, 5.74) is 4.47. The third kappa shape index (κ3) is 4.80. The first-order chi connectivity index (χ1) is 14.1. The lowest BCUT2D eigenvalue weighted by Gasteiger charge is -2.32. The summed E-state index contributed by atoms with van der Waals surface area (Å²) < 4.78 is 11.6. The first-order valence-electron chi connectivity index (χ1n) is 10.1. The maximum Gasteiger partial charge on any atom is 0.127 e. The molecule has 0 aromatic heterocycles. The fourth-order valence-corrected chi connectivity index (χ4v) is 3.55. The Hall–Kier alpha value is -3.20. The van der Waals surface area contributed by atoms with Crippen molar-refractivity contribution >= 4 is 11.8 Å². The Balaban J connectivity index is 1.38. The van der Waals surface area contributed by atoms with E-state index in [0.717, 1.165) is 42.1 Å². The Kier molecular flexibility index (Phi) is 5.57. The van der Waals surface area contributed by atoms with E-state index < -0.39 is 0 Å². The van der Waals surface area contributed by atoms with Gasteiger partial charge in [0, 0.05) is 17.8 Å². The monoisotopic (exact) mass is 385 g/mol. The fraction of sp³-hybridized carbons (Fsp3) is 0.231. The van der Waals surface area contributed by atoms with Gasteiger partial charge in [0.15, 0.2) is 0 Å². The Morgan fingerprint density at radius 2 is 1.72 bits per heavy atom. The summed E-state index contributed by atoms with van der Waals surface area (Å²) in [6.45, 7) is 2.92. The maximum atomic E-state index is 6.36. The number of anilines is 1. The zero-order chi connectivity index (χ0) is 20.1. The number of fused-ring (bicyclic) bond motifs is 1. The van der Waals surface area contributed by atoms with Crippen LogP contribution in [0.2, 0.25) is 0 Å². The lowest BCUT2D eigenvalue weighted by atomic mass is 9.93. The Morgan fingerprint density at radius 1 is 0.931 bits per heavy atom. The van der Waals surface area contributed by atoms with Gasteiger partial charge in [-0.3, -0.25) is 0 Å². The molecule has 0 bridgehead atoms. The second-order valence-corrected chi connectivity index (χ2v) is 7.69. The van der Waals surface area contributed by atoms with Gasteiger partial charge in [-0.25, -0.2) is 0 Å². The van der Waals surface area contributed by atoms with E-state index in [1.807, 2.05) is 12.1 Å². The molecule has 1 aliphatic rings. The molecule has 1 unspecified atom stereocenters. The van der Waals surface area contributed by atoms with E-state index in [2.05, 4.69) is 85.1 Å². The predicted octanol–water partition coefficient (Wildman–Crippen LogP) is 6.10. The highest BCUT2D eigenvalue weighted by molar-refractivity contribution is 5.66. The van der Waals surface area contributed by atoms with Crippen molar-refractivity contribution in [1.29, 1.82) is 0 Å². The number of methoxy groups -OCH3 is 1. The van der Waals surface area contributed by atoms with Crippen LogP contribution in [0, 0.1) is 0 Å². The van der Waals surface area contributed by atoms with Crippen LogP contribution in [0.5, 0.6) is 11.5 Å². The van der Waals surface area contributed by atoms with Crippen LogP contribution < -0.4 is 14.8 Å². The molecule has 29 heavy (non-hydrogen) atoms. The zero-order valence-corrected chi connectivity index (χ0v) is 17.0. The minimum atomic E-state index is -0.277. The van der Waals surface area contributed by atoms with Crippen LogP contribution in [0.1, 0.15) is 30.0 Å². The van der Waals surface area contributed by atoms with E-state index in [1.54, 1.807) is 7.11 Å². The van der Waals surface area contributed by atoms with Crippen LogP contribution in [0.4, 0.5) is 5.69 Å². The van der Waals surface area contributed by atoms with Gasteiger partial charge >= 0.3 is 0 Å². The molecule has 1 atom stereocenters. The first kappa shape index (κ1) is 19.1. The van der Waals surface area contributed by atoms with E-state index in [-0.39, 0.29) is 5.60 Å². The molecule has 0 aliphatic carbocycles. The molecule has 1 N–H and O–H groups in total. The standard InChI is InChI=1S/C26H27NO2/c1-26(16-14-20-6-4-3-5-7-20)17-15-22-18-23(10-13-25(22)29-26)27-19-21-8-11-24(28-2)12-9-21/h3-13,15,17-18,27H,14,16,19H2,1-2H3. The number of ether oxygens (including phenoxy) is 2. The highest BCUT2D eigenvalue weighted by atomic mass is 16.5. The predicted molar refractivity (Wildman–Crippen MR) is 120 cm³/mol. The van der Waals surface area contributed by atoms with Gasteiger partial charge in [-0.2, -0.15) is 0 Å². The van der Waals surface area contributed by atoms with Crippen molar-refractivity contribution in [2.75, 3.05) is 12.4 Å². The molecule has 3 nitrogen and oxygen atoms in total. The van der Waals surface area contributed by atoms with Gasteiger partial charge in [0.2, 0.25) is 0 Å². The Morgan fingerprint density at radius 3 is 2.48 bits per heavy atom. The summed E-state index contributed by atoms with van der Waals surface area (Å²) in [5.74, 6) is 1.82. The van der Waals surface area contributed by atoms with E-state index >= 15 is 0 Å². The summed E-state index contributed by atoms with van der Waals surface area (Å²) in [4.78, 5) is 0. The number of hydrogen-bond donors (Lipinski definition) is 1. The fourth-order valence-electron chi connectivity index (χ4n) is 3.55. The van der Waals surface area contributed by atoms with Gasteiger partial charge in [-0.05, 0) is 67.3 Å². The molecule has 1 heterocycles. The van der Waals surface area contributed by atoms with Crippen LogP contribution in [-0.2, 0) is 13.0 Å². The summed E-state index contributed by atoms with van der Waals surface area (Å²) in [7, 11) is 1.68. The molecule has 4 rings (SSSR count). The first-order valence-corrected chi connectivity index (χ1v) is 10.1. The molecule has 3 heteroatoms. The lowest BCUT2D eigenvalue weighted by molar-refractivity contribution is 0.128. The van der Waals surface area contributed by atoms with Crippen LogP contribution in [-0.4, -0.2) is 12.7 Å². The van der Waals surface area contributed by atoms with Crippen molar-refractivity contribution in [2.24, 2.45) is 0 Å². The molecule has 3 aromatic rings. The molecular weight excluding hydrogens is 358 g/mol. The van der Waals surface area contributed by atoms with Gasteiger partial charge in [0.1, 0.15) is 17.1 Å². The lowest BCUT2D eigenvalue weighted by Crippen LogP contribution is -2.32. The number of hydrogen-bond acceptors (Lipinski definition) is 3. The summed E-state index contributed by atoms with van der Waals surface area (Å²) >= 11 is 0. The van der Waals surface area contributed by atoms with Gasteiger partial charge in [-0.1, -0.05) is 48.5 Å². The molecule has 148 valence electrons. The number of benzene rings is 3. The summed E-state index contributed by atoms with van der Waals surface area (Å²) in [6.07, 6.45) is 6.32. The highest BCUT2D eigenvalue weighted by Crippen LogP contribution is 2.35. The normalized spacial score (nSPS) is 17.3. The van der Waals surface area contributed by atoms with Crippen molar-refractivity contribution in [3.63, 3.8) is 0 Å². The van der Waals surface area contributed by atoms with E-state index in [0.29, 0.717) is 0 Å². The molecule has 0 saturated heterocycles. The highest BCUT2D eigenvalue weighted by Gasteiger charge is 2.27. The van der Waals surface area contributed by atoms with Gasteiger partial charge in [0.05, 0.1) is 7.11 Å². The Bertz CT molecular complexity index is 979. The molecule has 3 aromatic carbocycles. The van der Waals surface area contributed by atoms with E-state index in [1.165, 1.54) is 11.1 Å². The maximum absolute atomic E-state index is 6.36. The molecular formula is C26H27NO2. The summed E-state index contributed by atoms with van der Waals surface area (Å²) in [6, 6.07) is 25.0. The average Bonchev–Trinajstić information content (AvgIpc) is 2.77. The van der Waals surface area contributed by atoms with Crippen LogP contribution in [0.15, 0.2) is 78.9 Å². The SMILES string of the molecule is COc1ccc(CNc2ccc3c(c2)C=CC(C)(CCc2ccccc2)O3)cc1. The third-order valence-corrected chi connectivity index (χ3v) is 5.38. The molecule has 0 spiro atoms. The largest absolute Gasteiger partial charge is 0.497 e. The minimum absolute atomic E-state index is 0.277. The molecule has 0 amide bonds. The third-order valence-electron chi connectivity index (χ3n) is 5.38. The molecule has 0 fully saturated rings. The molecule has 1 aliphatic heterocycles. The minimum Gasteiger partial charge on any atom is -0.497 e.